The molecule has 5 heteroatoms. The highest BCUT2D eigenvalue weighted by Crippen LogP contribution is 2.47. The monoisotopic (exact) mass is 794 g/mol. The molecule has 0 N–H and O–H groups in total. The van der Waals surface area contributed by atoms with E-state index in [9.17, 15) is 0 Å². The first-order chi connectivity index (χ1) is 30.2. The summed E-state index contributed by atoms with van der Waals surface area (Å²) in [6.45, 7) is 0. The quantitative estimate of drug-likeness (QED) is 0.174. The van der Waals surface area contributed by atoms with Gasteiger partial charge in [-0.05, 0) is 113 Å². The fourth-order valence-electron chi connectivity index (χ4n) is 9.48. The molecule has 3 aromatic heterocycles. The highest BCUT2D eigenvalue weighted by atomic mass is 32.2. The number of para-hydroxylation sites is 2. The lowest BCUT2D eigenvalue weighted by molar-refractivity contribution is 1.17. The molecule has 0 unspecified atom stereocenters. The van der Waals surface area contributed by atoms with E-state index in [0.29, 0.717) is 0 Å². The molecule has 9 aromatic carbocycles. The van der Waals surface area contributed by atoms with Crippen molar-refractivity contribution in [2.24, 2.45) is 0 Å². The minimum absolute atomic E-state index is 0.737. The van der Waals surface area contributed by atoms with Gasteiger partial charge in [-0.3, -0.25) is 0 Å². The van der Waals surface area contributed by atoms with Crippen molar-refractivity contribution < 1.29 is 0 Å². The van der Waals surface area contributed by atoms with Gasteiger partial charge in [-0.15, -0.1) is 0 Å². The summed E-state index contributed by atoms with van der Waals surface area (Å²) in [5.74, 6) is 0.737. The highest BCUT2D eigenvalue weighted by molar-refractivity contribution is 7.99. The fourth-order valence-corrected chi connectivity index (χ4v) is 10.6. The van der Waals surface area contributed by atoms with E-state index in [1.807, 2.05) is 0 Å². The molecule has 0 aliphatic carbocycles. The summed E-state index contributed by atoms with van der Waals surface area (Å²) in [4.78, 5) is 12.7. The van der Waals surface area contributed by atoms with E-state index >= 15 is 0 Å². The average Bonchev–Trinajstić information content (AvgIpc) is 3.84. The zero-order valence-corrected chi connectivity index (χ0v) is 33.6. The number of nitrogens with zero attached hydrogens (tertiary/aromatic N) is 4. The minimum Gasteiger partial charge on any atom is -0.309 e. The predicted molar refractivity (Wildman–Crippen MR) is 254 cm³/mol. The molecular weight excluding hydrogens is 761 g/mol. The van der Waals surface area contributed by atoms with Crippen LogP contribution in [-0.4, -0.2) is 19.1 Å². The molecule has 0 amide bonds. The summed E-state index contributed by atoms with van der Waals surface area (Å²) in [6.07, 6.45) is 0. The van der Waals surface area contributed by atoms with Gasteiger partial charge in [0, 0.05) is 59.2 Å². The molecule has 4 heterocycles. The van der Waals surface area contributed by atoms with Gasteiger partial charge in [-0.25, -0.2) is 9.97 Å². The van der Waals surface area contributed by atoms with Crippen molar-refractivity contribution in [1.82, 2.24) is 19.1 Å². The molecular formula is C56H34N4S. The van der Waals surface area contributed by atoms with Gasteiger partial charge in [0.1, 0.15) is 0 Å². The molecule has 1 aliphatic heterocycles. The number of fused-ring (bicyclic) bond motifs is 8. The maximum Gasteiger partial charge on any atom is 0.160 e. The van der Waals surface area contributed by atoms with Crippen LogP contribution in [-0.2, 0) is 0 Å². The largest absolute Gasteiger partial charge is 0.309 e. The van der Waals surface area contributed by atoms with E-state index in [0.717, 1.165) is 44.9 Å². The fraction of sp³-hybridized carbons (Fsp3) is 0. The summed E-state index contributed by atoms with van der Waals surface area (Å²) in [7, 11) is 0. The van der Waals surface area contributed by atoms with E-state index in [-0.39, 0.29) is 0 Å². The van der Waals surface area contributed by atoms with E-state index in [4.69, 9.17) is 9.97 Å². The number of benzene rings is 9. The molecule has 13 rings (SSSR count). The van der Waals surface area contributed by atoms with Crippen LogP contribution in [0.5, 0.6) is 0 Å². The van der Waals surface area contributed by atoms with Crippen LogP contribution in [0.1, 0.15) is 0 Å². The van der Waals surface area contributed by atoms with Gasteiger partial charge in [0.05, 0.1) is 33.3 Å². The predicted octanol–water partition coefficient (Wildman–Crippen LogP) is 15.0. The lowest BCUT2D eigenvalue weighted by Crippen LogP contribution is -2.00. The van der Waals surface area contributed by atoms with E-state index < -0.39 is 0 Å². The normalized spacial score (nSPS) is 12.2. The van der Waals surface area contributed by atoms with Gasteiger partial charge in [0.2, 0.25) is 0 Å². The van der Waals surface area contributed by atoms with Gasteiger partial charge in [0.15, 0.2) is 5.82 Å². The molecule has 0 radical (unpaired) electrons. The summed E-state index contributed by atoms with van der Waals surface area (Å²) >= 11 is 1.79. The van der Waals surface area contributed by atoms with Crippen LogP contribution in [0.4, 0.5) is 0 Å². The number of aromatic nitrogens is 4. The smallest absolute Gasteiger partial charge is 0.160 e. The maximum absolute atomic E-state index is 5.21. The SMILES string of the molecule is c1ccc(-c2ccc(-n3c4ccccc4c4cc(-c5ccc6c(c5)c5ccccc5n6-c5ccc(-c6nc7c8c(cccc8n6)Sc6ccccc6-7)cc5)ccc43)cc2)cc1. The Morgan fingerprint density at radius 1 is 0.344 bits per heavy atom. The summed E-state index contributed by atoms with van der Waals surface area (Å²) in [6, 6.07) is 74.5. The number of hydrogen-bond donors (Lipinski definition) is 0. The third-order valence-corrected chi connectivity index (χ3v) is 13.5. The van der Waals surface area contributed by atoms with E-state index in [1.165, 1.54) is 75.7 Å². The Labute approximate surface area is 356 Å². The molecule has 61 heavy (non-hydrogen) atoms. The first kappa shape index (κ1) is 34.2. The molecule has 0 fully saturated rings. The Kier molecular flexibility index (Phi) is 7.50. The third-order valence-electron chi connectivity index (χ3n) is 12.3. The lowest BCUT2D eigenvalue weighted by atomic mass is 10.0. The second-order valence-corrected chi connectivity index (χ2v) is 16.9. The number of hydrogen-bond acceptors (Lipinski definition) is 3. The second kappa shape index (κ2) is 13.4. The van der Waals surface area contributed by atoms with Crippen molar-refractivity contribution >= 4 is 66.3 Å². The van der Waals surface area contributed by atoms with Gasteiger partial charge in [0.25, 0.3) is 0 Å². The van der Waals surface area contributed by atoms with Gasteiger partial charge < -0.3 is 9.13 Å². The van der Waals surface area contributed by atoms with Crippen LogP contribution >= 0.6 is 11.8 Å². The molecule has 284 valence electrons. The first-order valence-corrected chi connectivity index (χ1v) is 21.5. The summed E-state index contributed by atoms with van der Waals surface area (Å²) in [5, 5.41) is 6.07. The molecule has 0 saturated heterocycles. The Bertz CT molecular complexity index is 3710. The molecule has 0 bridgehead atoms. The zero-order chi connectivity index (χ0) is 40.0. The lowest BCUT2D eigenvalue weighted by Gasteiger charge is -2.19. The summed E-state index contributed by atoms with van der Waals surface area (Å²) < 4.78 is 4.77. The maximum atomic E-state index is 5.21. The van der Waals surface area contributed by atoms with Crippen LogP contribution in [0.15, 0.2) is 216 Å². The van der Waals surface area contributed by atoms with Crippen molar-refractivity contribution in [2.75, 3.05) is 0 Å². The van der Waals surface area contributed by atoms with Crippen molar-refractivity contribution in [1.29, 1.82) is 0 Å². The van der Waals surface area contributed by atoms with Crippen LogP contribution in [0.2, 0.25) is 0 Å². The highest BCUT2D eigenvalue weighted by Gasteiger charge is 2.23. The Hall–Kier alpha value is -7.73. The van der Waals surface area contributed by atoms with Crippen molar-refractivity contribution in [2.45, 2.75) is 9.79 Å². The Morgan fingerprint density at radius 2 is 0.852 bits per heavy atom. The Morgan fingerprint density at radius 3 is 1.51 bits per heavy atom. The third kappa shape index (κ3) is 5.34. The Balaban J connectivity index is 0.890. The minimum atomic E-state index is 0.737. The first-order valence-electron chi connectivity index (χ1n) is 20.6. The van der Waals surface area contributed by atoms with Crippen molar-refractivity contribution in [3.05, 3.63) is 206 Å². The number of rotatable bonds is 5. The van der Waals surface area contributed by atoms with Crippen LogP contribution in [0.25, 0.3) is 111 Å². The van der Waals surface area contributed by atoms with Crippen molar-refractivity contribution in [3.8, 4) is 56.3 Å². The molecule has 0 atom stereocenters. The van der Waals surface area contributed by atoms with Gasteiger partial charge in [-0.1, -0.05) is 127 Å². The standard InChI is InChI=1S/C56H34N4S/c1-2-11-35(12-3-1)36-21-27-40(28-22-36)59-48-17-7-4-13-42(48)45-33-38(25-31-50(45)59)39-26-32-51-46(34-39)43-14-5-8-18-49(43)60(51)41-29-23-37(24-30-41)56-57-47-16-10-20-53-54(47)55(58-56)44-15-6-9-19-52(44)61-53/h1-34H. The average molecular weight is 795 g/mol. The van der Waals surface area contributed by atoms with Crippen LogP contribution < -0.4 is 0 Å². The molecule has 0 spiro atoms. The van der Waals surface area contributed by atoms with E-state index in [1.54, 1.807) is 11.8 Å². The molecule has 0 saturated carbocycles. The second-order valence-electron chi connectivity index (χ2n) is 15.8. The van der Waals surface area contributed by atoms with Gasteiger partial charge in [-0.2, -0.15) is 0 Å². The van der Waals surface area contributed by atoms with E-state index in [2.05, 4.69) is 215 Å². The van der Waals surface area contributed by atoms with Gasteiger partial charge >= 0.3 is 0 Å². The van der Waals surface area contributed by atoms with Crippen molar-refractivity contribution in [3.63, 3.8) is 0 Å². The van der Waals surface area contributed by atoms with Crippen LogP contribution in [0.3, 0.4) is 0 Å². The summed E-state index contributed by atoms with van der Waals surface area (Å²) in [5.41, 5.74) is 15.9. The zero-order valence-electron chi connectivity index (χ0n) is 32.8. The topological polar surface area (TPSA) is 35.6 Å². The van der Waals surface area contributed by atoms with Crippen LogP contribution in [0, 0.1) is 0 Å². The molecule has 1 aliphatic rings. The molecule has 4 nitrogen and oxygen atoms in total. The molecule has 12 aromatic rings.